The summed E-state index contributed by atoms with van der Waals surface area (Å²) in [4.78, 5) is 12.3. The Balaban J connectivity index is 2.63. The van der Waals surface area contributed by atoms with E-state index < -0.39 is 5.97 Å². The zero-order valence-electron chi connectivity index (χ0n) is 9.53. The highest BCUT2D eigenvalue weighted by Crippen LogP contribution is 2.25. The van der Waals surface area contributed by atoms with Gasteiger partial charge in [-0.2, -0.15) is 0 Å². The second kappa shape index (κ2) is 5.75. The molecular weight excluding hydrogens is 226 g/mol. The number of rotatable bonds is 5. The van der Waals surface area contributed by atoms with Gasteiger partial charge in [0.2, 0.25) is 0 Å². The molecule has 16 heavy (non-hydrogen) atoms. The summed E-state index contributed by atoms with van der Waals surface area (Å²) < 4.78 is 0. The summed E-state index contributed by atoms with van der Waals surface area (Å²) in [6.07, 6.45) is 1.60. The lowest BCUT2D eigenvalue weighted by molar-refractivity contribution is -0.137. The van der Waals surface area contributed by atoms with Crippen molar-refractivity contribution in [1.29, 1.82) is 0 Å². The van der Waals surface area contributed by atoms with Gasteiger partial charge in [-0.15, -0.1) is 0 Å². The van der Waals surface area contributed by atoms with Gasteiger partial charge in [0.15, 0.2) is 0 Å². The standard InChI is InChI=1S/C12H16ClNO2/c1-14(2)11-7-6-9(8-10(11)13)4-3-5-12(15)16/h6-8H,3-5H2,1-2H3,(H,15,16). The van der Waals surface area contributed by atoms with Crippen LogP contribution in [0.3, 0.4) is 0 Å². The summed E-state index contributed by atoms with van der Waals surface area (Å²) in [6, 6.07) is 5.85. The van der Waals surface area contributed by atoms with Gasteiger partial charge in [-0.05, 0) is 30.5 Å². The first-order valence-corrected chi connectivity index (χ1v) is 5.56. The SMILES string of the molecule is CN(C)c1ccc(CCCC(=O)O)cc1Cl. The van der Waals surface area contributed by atoms with Crippen LogP contribution in [0.15, 0.2) is 18.2 Å². The average Bonchev–Trinajstić information content (AvgIpc) is 2.16. The number of aryl methyl sites for hydroxylation is 1. The van der Waals surface area contributed by atoms with Crippen molar-refractivity contribution in [3.63, 3.8) is 0 Å². The van der Waals surface area contributed by atoms with Gasteiger partial charge in [0.05, 0.1) is 10.7 Å². The molecule has 1 rings (SSSR count). The summed E-state index contributed by atoms with van der Waals surface area (Å²) in [5.74, 6) is -0.754. The van der Waals surface area contributed by atoms with E-state index in [9.17, 15) is 4.79 Å². The molecule has 0 bridgehead atoms. The van der Waals surface area contributed by atoms with Crippen LogP contribution in [0.2, 0.25) is 5.02 Å². The van der Waals surface area contributed by atoms with E-state index in [-0.39, 0.29) is 6.42 Å². The Labute approximate surface area is 101 Å². The lowest BCUT2D eigenvalue weighted by Gasteiger charge is -2.15. The van der Waals surface area contributed by atoms with Crippen LogP contribution in [0.1, 0.15) is 18.4 Å². The highest BCUT2D eigenvalue weighted by molar-refractivity contribution is 6.33. The maximum atomic E-state index is 10.4. The topological polar surface area (TPSA) is 40.5 Å². The lowest BCUT2D eigenvalue weighted by atomic mass is 10.1. The molecule has 0 aliphatic rings. The Bertz CT molecular complexity index is 377. The minimum atomic E-state index is -0.754. The zero-order chi connectivity index (χ0) is 12.1. The van der Waals surface area contributed by atoms with E-state index in [0.29, 0.717) is 11.4 Å². The van der Waals surface area contributed by atoms with Gasteiger partial charge in [0, 0.05) is 20.5 Å². The van der Waals surface area contributed by atoms with Gasteiger partial charge in [-0.25, -0.2) is 0 Å². The van der Waals surface area contributed by atoms with Crippen LogP contribution < -0.4 is 4.90 Å². The Hall–Kier alpha value is -1.22. The minimum Gasteiger partial charge on any atom is -0.481 e. The molecule has 0 radical (unpaired) electrons. The van der Waals surface area contributed by atoms with E-state index >= 15 is 0 Å². The summed E-state index contributed by atoms with van der Waals surface area (Å²) in [5.41, 5.74) is 2.06. The van der Waals surface area contributed by atoms with Crippen molar-refractivity contribution < 1.29 is 9.90 Å². The second-order valence-electron chi connectivity index (χ2n) is 3.93. The van der Waals surface area contributed by atoms with Gasteiger partial charge in [-0.1, -0.05) is 17.7 Å². The van der Waals surface area contributed by atoms with Crippen LogP contribution in [0, 0.1) is 0 Å². The first-order chi connectivity index (χ1) is 7.50. The summed E-state index contributed by atoms with van der Waals surface area (Å²) in [7, 11) is 3.87. The summed E-state index contributed by atoms with van der Waals surface area (Å²) >= 11 is 6.11. The Kier molecular flexibility index (Phi) is 4.62. The van der Waals surface area contributed by atoms with Gasteiger partial charge in [-0.3, -0.25) is 4.79 Å². The molecule has 1 N–H and O–H groups in total. The fourth-order valence-corrected chi connectivity index (χ4v) is 1.88. The molecule has 0 unspecified atom stereocenters. The van der Waals surface area contributed by atoms with Crippen LogP contribution in [-0.2, 0) is 11.2 Å². The highest BCUT2D eigenvalue weighted by Gasteiger charge is 2.04. The van der Waals surface area contributed by atoms with E-state index in [4.69, 9.17) is 16.7 Å². The van der Waals surface area contributed by atoms with Crippen LogP contribution in [0.4, 0.5) is 5.69 Å². The van der Waals surface area contributed by atoms with Crippen molar-refractivity contribution in [3.05, 3.63) is 28.8 Å². The van der Waals surface area contributed by atoms with Crippen molar-refractivity contribution in [2.45, 2.75) is 19.3 Å². The van der Waals surface area contributed by atoms with Crippen LogP contribution in [-0.4, -0.2) is 25.2 Å². The molecule has 0 heterocycles. The third-order valence-electron chi connectivity index (χ3n) is 2.35. The summed E-state index contributed by atoms with van der Waals surface area (Å²) in [5, 5.41) is 9.24. The molecule has 0 amide bonds. The number of hydrogen-bond acceptors (Lipinski definition) is 2. The minimum absolute atomic E-state index is 0.201. The van der Waals surface area contributed by atoms with E-state index in [2.05, 4.69) is 0 Å². The average molecular weight is 242 g/mol. The molecule has 88 valence electrons. The number of benzene rings is 1. The Morgan fingerprint density at radius 1 is 1.44 bits per heavy atom. The van der Waals surface area contributed by atoms with Crippen molar-refractivity contribution in [2.24, 2.45) is 0 Å². The number of anilines is 1. The molecule has 1 aromatic carbocycles. The third-order valence-corrected chi connectivity index (χ3v) is 2.65. The van der Waals surface area contributed by atoms with E-state index in [1.807, 2.05) is 37.2 Å². The molecule has 0 spiro atoms. The molecule has 0 aliphatic carbocycles. The van der Waals surface area contributed by atoms with E-state index in [1.165, 1.54) is 0 Å². The fraction of sp³-hybridized carbons (Fsp3) is 0.417. The predicted octanol–water partition coefficient (Wildman–Crippen LogP) is 2.81. The maximum Gasteiger partial charge on any atom is 0.303 e. The van der Waals surface area contributed by atoms with E-state index in [1.54, 1.807) is 0 Å². The fourth-order valence-electron chi connectivity index (χ4n) is 1.51. The van der Waals surface area contributed by atoms with Crippen molar-refractivity contribution in [3.8, 4) is 0 Å². The predicted molar refractivity (Wildman–Crippen MR) is 66.4 cm³/mol. The molecule has 3 nitrogen and oxygen atoms in total. The maximum absolute atomic E-state index is 10.4. The highest BCUT2D eigenvalue weighted by atomic mass is 35.5. The molecule has 0 saturated carbocycles. The number of carbonyl (C=O) groups is 1. The zero-order valence-corrected chi connectivity index (χ0v) is 10.3. The number of halogens is 1. The number of aliphatic carboxylic acids is 1. The molecule has 1 aromatic rings. The number of nitrogens with zero attached hydrogens (tertiary/aromatic N) is 1. The van der Waals surface area contributed by atoms with Gasteiger partial charge in [0.1, 0.15) is 0 Å². The summed E-state index contributed by atoms with van der Waals surface area (Å²) in [6.45, 7) is 0. The van der Waals surface area contributed by atoms with Crippen molar-refractivity contribution in [2.75, 3.05) is 19.0 Å². The molecule has 0 aromatic heterocycles. The third kappa shape index (κ3) is 3.74. The second-order valence-corrected chi connectivity index (χ2v) is 4.33. The number of carboxylic acids is 1. The molecule has 4 heteroatoms. The van der Waals surface area contributed by atoms with Crippen LogP contribution in [0.25, 0.3) is 0 Å². The molecular formula is C12H16ClNO2. The Morgan fingerprint density at radius 3 is 2.62 bits per heavy atom. The van der Waals surface area contributed by atoms with Crippen LogP contribution in [0.5, 0.6) is 0 Å². The molecule has 0 atom stereocenters. The van der Waals surface area contributed by atoms with Gasteiger partial charge in [0.25, 0.3) is 0 Å². The first kappa shape index (κ1) is 12.8. The smallest absolute Gasteiger partial charge is 0.303 e. The number of carboxylic acid groups (broad SMARTS) is 1. The van der Waals surface area contributed by atoms with Crippen molar-refractivity contribution in [1.82, 2.24) is 0 Å². The van der Waals surface area contributed by atoms with E-state index in [0.717, 1.165) is 17.7 Å². The molecule has 0 fully saturated rings. The largest absolute Gasteiger partial charge is 0.481 e. The lowest BCUT2D eigenvalue weighted by Crippen LogP contribution is -2.09. The Morgan fingerprint density at radius 2 is 2.12 bits per heavy atom. The van der Waals surface area contributed by atoms with Gasteiger partial charge >= 0.3 is 5.97 Å². The quantitative estimate of drug-likeness (QED) is 0.862. The number of hydrogen-bond donors (Lipinski definition) is 1. The molecule has 0 saturated heterocycles. The molecule has 0 aliphatic heterocycles. The van der Waals surface area contributed by atoms with Gasteiger partial charge < -0.3 is 10.0 Å². The first-order valence-electron chi connectivity index (χ1n) is 5.18. The van der Waals surface area contributed by atoms with Crippen molar-refractivity contribution >= 4 is 23.3 Å². The van der Waals surface area contributed by atoms with Crippen LogP contribution >= 0.6 is 11.6 Å². The monoisotopic (exact) mass is 241 g/mol. The normalized spacial score (nSPS) is 10.2.